The Hall–Kier alpha value is -2.87. The molecule has 0 aromatic heterocycles. The number of nitro groups is 1. The molecule has 7 nitrogen and oxygen atoms in total. The van der Waals surface area contributed by atoms with Gasteiger partial charge in [0.25, 0.3) is 0 Å². The lowest BCUT2D eigenvalue weighted by molar-refractivity contribution is -0.383. The number of rotatable bonds is 5. The van der Waals surface area contributed by atoms with Gasteiger partial charge in [-0.15, -0.1) is 0 Å². The van der Waals surface area contributed by atoms with Crippen LogP contribution in [-0.2, 0) is 0 Å². The van der Waals surface area contributed by atoms with Gasteiger partial charge in [-0.25, -0.2) is 4.39 Å². The molecule has 0 aliphatic rings. The lowest BCUT2D eigenvalue weighted by Gasteiger charge is -2.11. The van der Waals surface area contributed by atoms with Gasteiger partial charge in [-0.05, 0) is 24.3 Å². The number of nitro benzene ring substituents is 1. The predicted octanol–water partition coefficient (Wildman–Crippen LogP) is 2.77. The Labute approximate surface area is 119 Å². The number of nitrogens with zero attached hydrogens (tertiary/aromatic N) is 1. The molecule has 0 unspecified atom stereocenters. The molecule has 110 valence electrons. The summed E-state index contributed by atoms with van der Waals surface area (Å²) < 4.78 is 18.2. The highest BCUT2D eigenvalue weighted by Crippen LogP contribution is 2.35. The van der Waals surface area contributed by atoms with Gasteiger partial charge in [0.05, 0.1) is 12.0 Å². The minimum atomic E-state index is -0.557. The van der Waals surface area contributed by atoms with Crippen LogP contribution < -0.4 is 21.3 Å². The van der Waals surface area contributed by atoms with Crippen molar-refractivity contribution in [3.63, 3.8) is 0 Å². The molecule has 2 aromatic carbocycles. The van der Waals surface area contributed by atoms with E-state index in [0.29, 0.717) is 5.69 Å². The molecule has 2 rings (SSSR count). The van der Waals surface area contributed by atoms with Gasteiger partial charge in [0, 0.05) is 11.8 Å². The second kappa shape index (κ2) is 6.06. The minimum Gasteiger partial charge on any atom is -0.494 e. The molecule has 0 saturated heterocycles. The fourth-order valence-electron chi connectivity index (χ4n) is 1.85. The Kier molecular flexibility index (Phi) is 4.19. The number of anilines is 3. The van der Waals surface area contributed by atoms with Crippen LogP contribution in [0.5, 0.6) is 5.75 Å². The molecular formula is C13H13FN4O3. The van der Waals surface area contributed by atoms with Crippen molar-refractivity contribution in [1.82, 2.24) is 0 Å². The lowest BCUT2D eigenvalue weighted by Crippen LogP contribution is -2.10. The number of para-hydroxylation sites is 1. The number of benzene rings is 2. The first kappa shape index (κ1) is 14.5. The smallest absolute Gasteiger partial charge is 0.316 e. The zero-order chi connectivity index (χ0) is 15.4. The van der Waals surface area contributed by atoms with Crippen LogP contribution in [0.1, 0.15) is 0 Å². The van der Waals surface area contributed by atoms with Gasteiger partial charge in [-0.1, -0.05) is 6.07 Å². The van der Waals surface area contributed by atoms with E-state index in [1.165, 1.54) is 37.4 Å². The van der Waals surface area contributed by atoms with Crippen molar-refractivity contribution in [2.24, 2.45) is 5.84 Å². The fraction of sp³-hybridized carbons (Fsp3) is 0.0769. The second-order valence-electron chi connectivity index (χ2n) is 4.08. The Bertz CT molecular complexity index is 678. The maximum Gasteiger partial charge on any atom is 0.316 e. The van der Waals surface area contributed by atoms with E-state index in [0.717, 1.165) is 0 Å². The van der Waals surface area contributed by atoms with Gasteiger partial charge in [0.1, 0.15) is 11.4 Å². The highest BCUT2D eigenvalue weighted by atomic mass is 19.1. The Morgan fingerprint density at radius 2 is 2.00 bits per heavy atom. The molecule has 2 aromatic rings. The van der Waals surface area contributed by atoms with Crippen LogP contribution in [0, 0.1) is 15.9 Å². The van der Waals surface area contributed by atoms with Crippen molar-refractivity contribution in [3.8, 4) is 5.75 Å². The predicted molar refractivity (Wildman–Crippen MR) is 77.1 cm³/mol. The van der Waals surface area contributed by atoms with Crippen LogP contribution in [0.4, 0.5) is 27.1 Å². The zero-order valence-electron chi connectivity index (χ0n) is 11.1. The van der Waals surface area contributed by atoms with Crippen LogP contribution >= 0.6 is 0 Å². The van der Waals surface area contributed by atoms with Crippen molar-refractivity contribution in [2.45, 2.75) is 0 Å². The van der Waals surface area contributed by atoms with Gasteiger partial charge in [-0.3, -0.25) is 16.0 Å². The van der Waals surface area contributed by atoms with E-state index in [1.807, 2.05) is 0 Å². The van der Waals surface area contributed by atoms with E-state index in [-0.39, 0.29) is 22.8 Å². The minimum absolute atomic E-state index is 0.0377. The van der Waals surface area contributed by atoms with Crippen LogP contribution in [0.2, 0.25) is 0 Å². The summed E-state index contributed by atoms with van der Waals surface area (Å²) in [6.07, 6.45) is 0. The Morgan fingerprint density at radius 1 is 1.29 bits per heavy atom. The first-order valence-electron chi connectivity index (χ1n) is 5.91. The third kappa shape index (κ3) is 3.00. The number of nitrogens with one attached hydrogen (secondary N) is 2. The average Bonchev–Trinajstić information content (AvgIpc) is 2.48. The molecule has 8 heteroatoms. The van der Waals surface area contributed by atoms with Crippen LogP contribution in [0.3, 0.4) is 0 Å². The SMILES string of the molecule is COc1cc(Nc2cccc(NN)c2[N+](=O)[O-])ccc1F. The summed E-state index contributed by atoms with van der Waals surface area (Å²) in [5.74, 6) is 4.78. The number of halogens is 1. The largest absolute Gasteiger partial charge is 0.494 e. The van der Waals surface area contributed by atoms with E-state index >= 15 is 0 Å². The Morgan fingerprint density at radius 3 is 2.62 bits per heavy atom. The van der Waals surface area contributed by atoms with Crippen LogP contribution in [0.25, 0.3) is 0 Å². The summed E-state index contributed by atoms with van der Waals surface area (Å²) in [5.41, 5.74) is 2.90. The van der Waals surface area contributed by atoms with Crippen molar-refractivity contribution >= 4 is 22.7 Å². The van der Waals surface area contributed by atoms with Gasteiger partial charge in [0.2, 0.25) is 0 Å². The molecule has 4 N–H and O–H groups in total. The molecule has 0 fully saturated rings. The van der Waals surface area contributed by atoms with Crippen molar-refractivity contribution in [3.05, 3.63) is 52.3 Å². The van der Waals surface area contributed by atoms with Gasteiger partial charge in [-0.2, -0.15) is 0 Å². The first-order valence-corrected chi connectivity index (χ1v) is 5.91. The van der Waals surface area contributed by atoms with E-state index in [2.05, 4.69) is 10.7 Å². The number of hydrogen-bond donors (Lipinski definition) is 3. The highest BCUT2D eigenvalue weighted by molar-refractivity contribution is 5.79. The van der Waals surface area contributed by atoms with E-state index < -0.39 is 10.7 Å². The summed E-state index contributed by atoms with van der Waals surface area (Å²) in [6.45, 7) is 0. The molecular weight excluding hydrogens is 279 g/mol. The third-order valence-electron chi connectivity index (χ3n) is 2.80. The maximum atomic E-state index is 13.3. The molecule has 0 atom stereocenters. The summed E-state index contributed by atoms with van der Waals surface area (Å²) in [5, 5.41) is 14.0. The number of nitrogens with two attached hydrogens (primary N) is 1. The first-order chi connectivity index (χ1) is 10.1. The van der Waals surface area contributed by atoms with E-state index in [4.69, 9.17) is 10.6 Å². The Balaban J connectivity index is 2.42. The summed E-state index contributed by atoms with van der Waals surface area (Å²) in [4.78, 5) is 10.6. The van der Waals surface area contributed by atoms with Gasteiger partial charge >= 0.3 is 5.69 Å². The van der Waals surface area contributed by atoms with Gasteiger partial charge < -0.3 is 15.5 Å². The topological polar surface area (TPSA) is 102 Å². The number of hydrazine groups is 1. The number of hydrogen-bond acceptors (Lipinski definition) is 6. The third-order valence-corrected chi connectivity index (χ3v) is 2.80. The molecule has 0 spiro atoms. The zero-order valence-corrected chi connectivity index (χ0v) is 11.1. The van der Waals surface area contributed by atoms with Crippen molar-refractivity contribution in [2.75, 3.05) is 17.9 Å². The molecule has 0 aliphatic heterocycles. The molecule has 21 heavy (non-hydrogen) atoms. The highest BCUT2D eigenvalue weighted by Gasteiger charge is 2.19. The molecule has 0 bridgehead atoms. The fourth-order valence-corrected chi connectivity index (χ4v) is 1.85. The van der Waals surface area contributed by atoms with Crippen molar-refractivity contribution < 1.29 is 14.1 Å². The number of ether oxygens (including phenoxy) is 1. The molecule has 0 aliphatic carbocycles. The van der Waals surface area contributed by atoms with E-state index in [9.17, 15) is 14.5 Å². The van der Waals surface area contributed by atoms with Gasteiger partial charge in [0.15, 0.2) is 11.6 Å². The number of nitrogen functional groups attached to an aromatic ring is 1. The lowest BCUT2D eigenvalue weighted by atomic mass is 10.2. The summed E-state index contributed by atoms with van der Waals surface area (Å²) in [7, 11) is 1.34. The quantitative estimate of drug-likeness (QED) is 0.445. The molecule has 0 radical (unpaired) electrons. The standard InChI is InChI=1S/C13H13FN4O3/c1-21-12-7-8(5-6-9(12)14)16-10-3-2-4-11(17-15)13(10)18(19)20/h2-7,16-17H,15H2,1H3. The average molecular weight is 292 g/mol. The van der Waals surface area contributed by atoms with Crippen LogP contribution in [0.15, 0.2) is 36.4 Å². The molecule has 0 saturated carbocycles. The molecule has 0 amide bonds. The monoisotopic (exact) mass is 292 g/mol. The summed E-state index contributed by atoms with van der Waals surface area (Å²) in [6, 6.07) is 8.67. The van der Waals surface area contributed by atoms with E-state index in [1.54, 1.807) is 6.07 Å². The normalized spacial score (nSPS) is 10.0. The molecule has 0 heterocycles. The number of methoxy groups -OCH3 is 1. The van der Waals surface area contributed by atoms with Crippen LogP contribution in [-0.4, -0.2) is 12.0 Å². The maximum absolute atomic E-state index is 13.3. The van der Waals surface area contributed by atoms with Crippen molar-refractivity contribution in [1.29, 1.82) is 0 Å². The summed E-state index contributed by atoms with van der Waals surface area (Å²) >= 11 is 0. The second-order valence-corrected chi connectivity index (χ2v) is 4.08.